The highest BCUT2D eigenvalue weighted by molar-refractivity contribution is 6.01. The maximum atomic E-state index is 14.6. The van der Waals surface area contributed by atoms with Gasteiger partial charge >= 0.3 is 0 Å². The minimum absolute atomic E-state index is 0.0438. The van der Waals surface area contributed by atoms with Crippen LogP contribution in [0.1, 0.15) is 40.3 Å². The lowest BCUT2D eigenvalue weighted by atomic mass is 9.81. The van der Waals surface area contributed by atoms with Crippen molar-refractivity contribution in [2.45, 2.75) is 37.6 Å². The largest absolute Gasteiger partial charge is 0.497 e. The zero-order valence-corrected chi connectivity index (χ0v) is 27.9. The predicted octanol–water partition coefficient (Wildman–Crippen LogP) is 5.65. The van der Waals surface area contributed by atoms with Crippen molar-refractivity contribution in [3.63, 3.8) is 0 Å². The van der Waals surface area contributed by atoms with E-state index in [1.165, 1.54) is 0 Å². The van der Waals surface area contributed by atoms with Crippen LogP contribution in [-0.4, -0.2) is 56.9 Å². The van der Waals surface area contributed by atoms with Gasteiger partial charge in [-0.15, -0.1) is 0 Å². The standard InChI is InChI=1S/C37H41N7O5/c1-44(2)31-16-12-26(13-17-31)24-39-42-36(46)37(23-29-8-4-5-9-30(29)25-40-43-38)34(28-10-6-11-33(22-28)47-3)49-35(41-37)27-14-18-32(19-15-27)48-21-7-20-45/h4-6,8-19,22,34,39,45H,7,20-21,23-25H2,1-3H3,(H,42,46)/t34-,37-/m0/s1. The van der Waals surface area contributed by atoms with E-state index in [1.807, 2.05) is 104 Å². The van der Waals surface area contributed by atoms with Crippen LogP contribution in [0.4, 0.5) is 5.69 Å². The molecule has 254 valence electrons. The van der Waals surface area contributed by atoms with Gasteiger partial charge in [0.05, 0.1) is 20.3 Å². The van der Waals surface area contributed by atoms with Crippen LogP contribution < -0.4 is 25.2 Å². The van der Waals surface area contributed by atoms with Crippen LogP contribution in [0.2, 0.25) is 0 Å². The van der Waals surface area contributed by atoms with Crippen molar-refractivity contribution >= 4 is 17.5 Å². The number of nitrogens with one attached hydrogen (secondary N) is 2. The van der Waals surface area contributed by atoms with Crippen molar-refractivity contribution in [2.24, 2.45) is 10.1 Å². The summed E-state index contributed by atoms with van der Waals surface area (Å²) >= 11 is 0. The lowest BCUT2D eigenvalue weighted by Gasteiger charge is -2.31. The number of hydrogen-bond donors (Lipinski definition) is 3. The fraction of sp³-hybridized carbons (Fsp3) is 0.297. The smallest absolute Gasteiger partial charge is 0.266 e. The van der Waals surface area contributed by atoms with E-state index in [0.717, 1.165) is 22.4 Å². The van der Waals surface area contributed by atoms with E-state index < -0.39 is 17.6 Å². The molecule has 1 aliphatic rings. The number of amides is 1. The Hall–Kier alpha value is -5.55. The van der Waals surface area contributed by atoms with E-state index in [4.69, 9.17) is 29.8 Å². The van der Waals surface area contributed by atoms with Crippen LogP contribution >= 0.6 is 0 Å². The molecule has 0 saturated heterocycles. The molecule has 1 aliphatic heterocycles. The third kappa shape index (κ3) is 8.49. The molecule has 0 radical (unpaired) electrons. The van der Waals surface area contributed by atoms with Gasteiger partial charge in [-0.3, -0.25) is 10.2 Å². The van der Waals surface area contributed by atoms with Crippen LogP contribution in [0.15, 0.2) is 107 Å². The third-order valence-corrected chi connectivity index (χ3v) is 8.26. The molecule has 49 heavy (non-hydrogen) atoms. The minimum atomic E-state index is -1.49. The Kier molecular flexibility index (Phi) is 11.7. The molecule has 4 aromatic rings. The quantitative estimate of drug-likeness (QED) is 0.0460. The lowest BCUT2D eigenvalue weighted by molar-refractivity contribution is -0.130. The molecule has 12 heteroatoms. The van der Waals surface area contributed by atoms with Gasteiger partial charge in [0.15, 0.2) is 11.6 Å². The normalized spacial score (nSPS) is 16.6. The number of hydrazine groups is 1. The maximum Gasteiger partial charge on any atom is 0.266 e. The minimum Gasteiger partial charge on any atom is -0.497 e. The topological polar surface area (TPSA) is 153 Å². The van der Waals surface area contributed by atoms with E-state index in [-0.39, 0.29) is 25.5 Å². The van der Waals surface area contributed by atoms with Crippen LogP contribution in [0.3, 0.4) is 0 Å². The summed E-state index contributed by atoms with van der Waals surface area (Å²) in [6, 6.07) is 30.2. The number of hydrogen-bond acceptors (Lipinski definition) is 9. The molecule has 12 nitrogen and oxygen atoms in total. The molecule has 3 N–H and O–H groups in total. The van der Waals surface area contributed by atoms with E-state index >= 15 is 0 Å². The molecule has 2 atom stereocenters. The van der Waals surface area contributed by atoms with Crippen molar-refractivity contribution in [1.82, 2.24) is 10.9 Å². The van der Waals surface area contributed by atoms with Crippen molar-refractivity contribution in [1.29, 1.82) is 0 Å². The molecule has 0 aliphatic carbocycles. The highest BCUT2D eigenvalue weighted by atomic mass is 16.5. The first-order valence-electron chi connectivity index (χ1n) is 16.0. The van der Waals surface area contributed by atoms with Gasteiger partial charge in [0.1, 0.15) is 11.5 Å². The SMILES string of the molecule is COc1cccc([C@@H]2OC(c3ccc(OCCCO)cc3)=N[C@]2(Cc2ccccc2CN=[N+]=[N-])C(=O)NNCc2ccc(N(C)C)cc2)c1. The Bertz CT molecular complexity index is 1790. The fourth-order valence-electron chi connectivity index (χ4n) is 5.62. The zero-order chi connectivity index (χ0) is 34.6. The second-order valence-corrected chi connectivity index (χ2v) is 11.8. The number of azide groups is 1. The van der Waals surface area contributed by atoms with Gasteiger partial charge in [-0.1, -0.05) is 53.6 Å². The molecular weight excluding hydrogens is 622 g/mol. The van der Waals surface area contributed by atoms with Crippen LogP contribution in [-0.2, 0) is 29.0 Å². The van der Waals surface area contributed by atoms with Crippen molar-refractivity contribution in [3.05, 3.63) is 135 Å². The molecule has 0 saturated carbocycles. The number of aliphatic hydroxyl groups excluding tert-OH is 1. The number of ether oxygens (including phenoxy) is 3. The first-order valence-corrected chi connectivity index (χ1v) is 16.0. The average molecular weight is 664 g/mol. The number of anilines is 1. The van der Waals surface area contributed by atoms with Crippen LogP contribution in [0.5, 0.6) is 11.5 Å². The summed E-state index contributed by atoms with van der Waals surface area (Å²) in [6.07, 6.45) is -0.191. The van der Waals surface area contributed by atoms with Crippen LogP contribution in [0, 0.1) is 0 Å². The van der Waals surface area contributed by atoms with Crippen molar-refractivity contribution < 1.29 is 24.1 Å². The highest BCUT2D eigenvalue weighted by Crippen LogP contribution is 2.43. The first-order chi connectivity index (χ1) is 23.9. The Morgan fingerprint density at radius 3 is 2.47 bits per heavy atom. The molecule has 4 aromatic carbocycles. The van der Waals surface area contributed by atoms with E-state index in [2.05, 4.69) is 20.9 Å². The Morgan fingerprint density at radius 1 is 1.02 bits per heavy atom. The van der Waals surface area contributed by atoms with Gasteiger partial charge in [-0.05, 0) is 76.3 Å². The Balaban J connectivity index is 1.55. The molecule has 1 heterocycles. The zero-order valence-electron chi connectivity index (χ0n) is 27.9. The molecule has 5 rings (SSSR count). The van der Waals surface area contributed by atoms with Gasteiger partial charge in [-0.2, -0.15) is 0 Å². The van der Waals surface area contributed by atoms with Gasteiger partial charge in [0.25, 0.3) is 5.91 Å². The summed E-state index contributed by atoms with van der Waals surface area (Å²) in [6.45, 7) is 0.922. The van der Waals surface area contributed by atoms with Crippen molar-refractivity contribution in [2.75, 3.05) is 39.3 Å². The summed E-state index contributed by atoms with van der Waals surface area (Å²) in [5.74, 6) is 1.13. The number of aliphatic imine (C=N–C) groups is 1. The summed E-state index contributed by atoms with van der Waals surface area (Å²) in [5, 5.41) is 12.9. The average Bonchev–Trinajstić information content (AvgIpc) is 3.52. The number of nitrogens with zero attached hydrogens (tertiary/aromatic N) is 5. The second-order valence-electron chi connectivity index (χ2n) is 11.8. The molecule has 0 spiro atoms. The molecule has 0 fully saturated rings. The third-order valence-electron chi connectivity index (χ3n) is 8.26. The number of methoxy groups -OCH3 is 1. The lowest BCUT2D eigenvalue weighted by Crippen LogP contribution is -2.53. The molecular formula is C37H41N7O5. The summed E-state index contributed by atoms with van der Waals surface area (Å²) in [7, 11) is 5.55. The Labute approximate surface area is 285 Å². The number of benzene rings is 4. The van der Waals surface area contributed by atoms with Gasteiger partial charge in [0.2, 0.25) is 5.90 Å². The molecule has 0 unspecified atom stereocenters. The number of aliphatic hydroxyl groups is 1. The molecule has 1 amide bonds. The number of carbonyl (C=O) groups is 1. The van der Waals surface area contributed by atoms with E-state index in [9.17, 15) is 4.79 Å². The fourth-order valence-corrected chi connectivity index (χ4v) is 5.62. The summed E-state index contributed by atoms with van der Waals surface area (Å²) in [5.41, 5.74) is 18.6. The summed E-state index contributed by atoms with van der Waals surface area (Å²) < 4.78 is 17.9. The van der Waals surface area contributed by atoms with E-state index in [0.29, 0.717) is 42.2 Å². The number of carbonyl (C=O) groups excluding carboxylic acids is 1. The van der Waals surface area contributed by atoms with Gasteiger partial charge in [0, 0.05) is 56.3 Å². The highest BCUT2D eigenvalue weighted by Gasteiger charge is 2.53. The monoisotopic (exact) mass is 663 g/mol. The first kappa shape index (κ1) is 34.8. The molecule has 0 bridgehead atoms. The van der Waals surface area contributed by atoms with Gasteiger partial charge in [-0.25, -0.2) is 10.4 Å². The Morgan fingerprint density at radius 2 is 1.78 bits per heavy atom. The van der Waals surface area contributed by atoms with E-state index in [1.54, 1.807) is 19.2 Å². The van der Waals surface area contributed by atoms with Crippen LogP contribution in [0.25, 0.3) is 10.4 Å². The molecule has 0 aromatic heterocycles. The predicted molar refractivity (Wildman–Crippen MR) is 188 cm³/mol. The summed E-state index contributed by atoms with van der Waals surface area (Å²) in [4.78, 5) is 24.7. The maximum absolute atomic E-state index is 14.6. The number of rotatable bonds is 16. The second kappa shape index (κ2) is 16.5. The van der Waals surface area contributed by atoms with Crippen molar-refractivity contribution in [3.8, 4) is 11.5 Å². The van der Waals surface area contributed by atoms with Gasteiger partial charge < -0.3 is 24.2 Å².